The van der Waals surface area contributed by atoms with E-state index in [0.29, 0.717) is 62.9 Å². The summed E-state index contributed by atoms with van der Waals surface area (Å²) < 4.78 is 3.12. The molecule has 1 fully saturated rings. The number of thiazole rings is 2. The Balaban J connectivity index is 0.000000160. The summed E-state index contributed by atoms with van der Waals surface area (Å²) in [5.41, 5.74) is 16.4. The van der Waals surface area contributed by atoms with Gasteiger partial charge in [0.1, 0.15) is 0 Å². The number of nitrogen functional groups attached to an aromatic ring is 2. The molecule has 1 aliphatic heterocycles. The Morgan fingerprint density at radius 2 is 1.47 bits per heavy atom. The summed E-state index contributed by atoms with van der Waals surface area (Å²) >= 11 is 2.92. The number of rotatable bonds is 7. The zero-order valence-electron chi connectivity index (χ0n) is 28.1. The van der Waals surface area contributed by atoms with E-state index in [2.05, 4.69) is 49.2 Å². The minimum atomic E-state index is -0.106. The molecule has 0 saturated carbocycles. The molecule has 1 aliphatic rings. The van der Waals surface area contributed by atoms with Crippen LogP contribution in [0.15, 0.2) is 78.0 Å². The van der Waals surface area contributed by atoms with E-state index in [1.54, 1.807) is 57.9 Å². The van der Waals surface area contributed by atoms with Crippen molar-refractivity contribution in [2.75, 3.05) is 38.1 Å². The van der Waals surface area contributed by atoms with E-state index < -0.39 is 0 Å². The predicted molar refractivity (Wildman–Crippen MR) is 198 cm³/mol. The van der Waals surface area contributed by atoms with Gasteiger partial charge in [0.05, 0.1) is 22.5 Å². The van der Waals surface area contributed by atoms with Gasteiger partial charge in [0.2, 0.25) is 11.6 Å². The number of anilines is 2. The molecule has 0 bridgehead atoms. The van der Waals surface area contributed by atoms with Crippen molar-refractivity contribution in [3.63, 3.8) is 0 Å². The van der Waals surface area contributed by atoms with Gasteiger partial charge in [0.25, 0.3) is 11.8 Å². The van der Waals surface area contributed by atoms with Gasteiger partial charge < -0.3 is 21.3 Å². The molecule has 6 aromatic heterocycles. The monoisotopic (exact) mass is 720 g/mol. The maximum absolute atomic E-state index is 12.8. The van der Waals surface area contributed by atoms with Gasteiger partial charge in [0, 0.05) is 62.2 Å². The van der Waals surface area contributed by atoms with Crippen molar-refractivity contribution in [1.29, 1.82) is 0 Å². The molecule has 16 heteroatoms. The number of aromatic nitrogens is 8. The summed E-state index contributed by atoms with van der Waals surface area (Å²) in [6.07, 6.45) is 9.79. The number of likely N-dealkylation sites (N-methyl/N-ethyl adjacent to an activating group) is 1. The quantitative estimate of drug-likeness (QED) is 0.226. The number of fused-ring (bicyclic) bond motifs is 2. The smallest absolute Gasteiger partial charge is 0.255 e. The van der Waals surface area contributed by atoms with Crippen molar-refractivity contribution in [3.8, 4) is 21.7 Å². The third-order valence-corrected chi connectivity index (χ3v) is 10.1. The maximum atomic E-state index is 12.8. The van der Waals surface area contributed by atoms with Crippen LogP contribution in [0, 0.1) is 5.92 Å². The van der Waals surface area contributed by atoms with Crippen LogP contribution in [0.3, 0.4) is 0 Å². The molecule has 1 aromatic carbocycles. The van der Waals surface area contributed by atoms with E-state index in [9.17, 15) is 9.59 Å². The van der Waals surface area contributed by atoms with Crippen LogP contribution >= 0.6 is 22.7 Å². The highest BCUT2D eigenvalue weighted by atomic mass is 32.1. The van der Waals surface area contributed by atoms with Crippen molar-refractivity contribution in [2.24, 2.45) is 5.92 Å². The molecule has 1 saturated heterocycles. The van der Waals surface area contributed by atoms with Crippen molar-refractivity contribution in [1.82, 2.24) is 49.0 Å². The SMILES string of the molecule is CC1CCCN(C(=O)c2cc(N)c3nc(-c4nccs4)nn3c2)C1.CN(CCc1ccccc1)C(=O)c1cc(N)c2nc(-c3nccs3)nn2c1. The second kappa shape index (κ2) is 14.6. The molecule has 1 atom stereocenters. The number of benzene rings is 1. The first-order valence-electron chi connectivity index (χ1n) is 16.4. The average molecular weight is 721 g/mol. The Bertz CT molecular complexity index is 2280. The summed E-state index contributed by atoms with van der Waals surface area (Å²) in [6, 6.07) is 13.4. The van der Waals surface area contributed by atoms with Gasteiger partial charge in [0.15, 0.2) is 21.3 Å². The number of nitrogens with two attached hydrogens (primary N) is 2. The number of pyridine rings is 2. The second-order valence-corrected chi connectivity index (χ2v) is 14.2. The minimum absolute atomic E-state index is 0.00134. The number of carbonyl (C=O) groups is 2. The van der Waals surface area contributed by atoms with Crippen LogP contribution in [0.1, 0.15) is 46.0 Å². The van der Waals surface area contributed by atoms with Crippen LogP contribution in [0.2, 0.25) is 0 Å². The fraction of sp³-hybridized carbons (Fsp3) is 0.257. The minimum Gasteiger partial charge on any atom is -0.396 e. The van der Waals surface area contributed by atoms with Gasteiger partial charge in [-0.05, 0) is 42.9 Å². The first-order valence-corrected chi connectivity index (χ1v) is 18.2. The normalized spacial score (nSPS) is 14.4. The molecule has 51 heavy (non-hydrogen) atoms. The van der Waals surface area contributed by atoms with Crippen LogP contribution in [-0.4, -0.2) is 87.5 Å². The molecule has 8 rings (SSSR count). The Hall–Kier alpha value is -5.74. The van der Waals surface area contributed by atoms with Crippen molar-refractivity contribution >= 4 is 57.2 Å². The molecular weight excluding hydrogens is 685 g/mol. The van der Waals surface area contributed by atoms with Crippen LogP contribution in [-0.2, 0) is 6.42 Å². The Morgan fingerprint density at radius 3 is 2.04 bits per heavy atom. The standard InChI is InChI=1S/C19H18N6OS.C16H18N6OS/c1-24(9-7-13-5-3-2-4-6-13)19(26)14-11-15(20)17-22-16(23-25(17)12-14)18-21-8-10-27-18;1-10-3-2-5-21(8-10)16(23)11-7-12(17)14-19-13(20-22(14)9-11)15-18-4-6-24-15/h2-6,8,10-12H,7,9,20H2,1H3;4,6-7,9-10H,2-3,5,8,17H2,1H3. The predicted octanol–water partition coefficient (Wildman–Crippen LogP) is 5.06. The van der Waals surface area contributed by atoms with Crippen LogP contribution in [0.4, 0.5) is 11.4 Å². The summed E-state index contributed by atoms with van der Waals surface area (Å²) in [7, 11) is 1.79. The van der Waals surface area contributed by atoms with Crippen LogP contribution in [0.5, 0.6) is 0 Å². The Morgan fingerprint density at radius 1 is 0.882 bits per heavy atom. The van der Waals surface area contributed by atoms with E-state index in [4.69, 9.17) is 11.5 Å². The van der Waals surface area contributed by atoms with Crippen LogP contribution < -0.4 is 11.5 Å². The number of carbonyl (C=O) groups excluding carboxylic acids is 2. The fourth-order valence-electron chi connectivity index (χ4n) is 5.93. The number of likely N-dealkylation sites (tertiary alicyclic amines) is 1. The molecule has 0 aliphatic carbocycles. The highest BCUT2D eigenvalue weighted by Gasteiger charge is 2.24. The highest BCUT2D eigenvalue weighted by molar-refractivity contribution is 7.13. The maximum Gasteiger partial charge on any atom is 0.255 e. The number of hydrogen-bond donors (Lipinski definition) is 2. The van der Waals surface area contributed by atoms with E-state index in [0.717, 1.165) is 30.9 Å². The van der Waals surface area contributed by atoms with Gasteiger partial charge in [-0.15, -0.1) is 32.9 Å². The number of hydrogen-bond acceptors (Lipinski definition) is 12. The van der Waals surface area contributed by atoms with Gasteiger partial charge in [-0.2, -0.15) is 0 Å². The summed E-state index contributed by atoms with van der Waals surface area (Å²) in [5, 5.41) is 14.0. The molecule has 260 valence electrons. The molecule has 7 aromatic rings. The van der Waals surface area contributed by atoms with E-state index >= 15 is 0 Å². The van der Waals surface area contributed by atoms with Crippen molar-refractivity contribution in [2.45, 2.75) is 26.2 Å². The molecule has 0 spiro atoms. The average Bonchev–Trinajstić information content (AvgIpc) is 3.97. The molecule has 7 heterocycles. The fourth-order valence-corrected chi connectivity index (χ4v) is 7.05. The van der Waals surface area contributed by atoms with Crippen LogP contribution in [0.25, 0.3) is 33.0 Å². The summed E-state index contributed by atoms with van der Waals surface area (Å²) in [5.74, 6) is 1.45. The third-order valence-electron chi connectivity index (χ3n) is 8.53. The highest BCUT2D eigenvalue weighted by Crippen LogP contribution is 2.25. The second-order valence-electron chi connectivity index (χ2n) is 12.4. The lowest BCUT2D eigenvalue weighted by Crippen LogP contribution is -2.39. The van der Waals surface area contributed by atoms with E-state index in [1.807, 2.05) is 33.9 Å². The lowest BCUT2D eigenvalue weighted by atomic mass is 10.00. The number of piperidine rings is 1. The van der Waals surface area contributed by atoms with Gasteiger partial charge in [-0.25, -0.2) is 29.0 Å². The Kier molecular flexibility index (Phi) is 9.68. The van der Waals surface area contributed by atoms with Gasteiger partial charge >= 0.3 is 0 Å². The number of amides is 2. The lowest BCUT2D eigenvalue weighted by molar-refractivity contribution is 0.0682. The first kappa shape index (κ1) is 33.7. The summed E-state index contributed by atoms with van der Waals surface area (Å²) in [4.78, 5) is 46.4. The summed E-state index contributed by atoms with van der Waals surface area (Å²) in [6.45, 7) is 4.37. The topological polar surface area (TPSA) is 179 Å². The molecule has 0 radical (unpaired) electrons. The van der Waals surface area contributed by atoms with Gasteiger partial charge in [-0.3, -0.25) is 9.59 Å². The van der Waals surface area contributed by atoms with Crippen molar-refractivity contribution in [3.05, 3.63) is 94.7 Å². The van der Waals surface area contributed by atoms with Crippen molar-refractivity contribution < 1.29 is 9.59 Å². The van der Waals surface area contributed by atoms with E-state index in [-0.39, 0.29) is 11.8 Å². The first-order chi connectivity index (χ1) is 24.7. The van der Waals surface area contributed by atoms with E-state index in [1.165, 1.54) is 34.7 Å². The largest absolute Gasteiger partial charge is 0.396 e. The zero-order valence-corrected chi connectivity index (χ0v) is 29.7. The third kappa shape index (κ3) is 7.41. The zero-order chi connectivity index (χ0) is 35.5. The Labute approximate surface area is 301 Å². The molecule has 14 nitrogen and oxygen atoms in total. The lowest BCUT2D eigenvalue weighted by Gasteiger charge is -2.31. The number of nitrogens with zero attached hydrogens (tertiary/aromatic N) is 10. The van der Waals surface area contributed by atoms with Gasteiger partial charge in [-0.1, -0.05) is 37.3 Å². The molecule has 2 amide bonds. The molecule has 4 N–H and O–H groups in total. The molecule has 1 unspecified atom stereocenters. The molecular formula is C35H36N12O2S2.